The number of aromatic nitrogens is 3. The van der Waals surface area contributed by atoms with Crippen molar-refractivity contribution in [3.63, 3.8) is 0 Å². The summed E-state index contributed by atoms with van der Waals surface area (Å²) >= 11 is 1.10. The fourth-order valence-electron chi connectivity index (χ4n) is 4.62. The normalized spacial score (nSPS) is 20.9. The Morgan fingerprint density at radius 1 is 1.14 bits per heavy atom. The third kappa shape index (κ3) is 6.87. The van der Waals surface area contributed by atoms with Crippen molar-refractivity contribution >= 4 is 30.7 Å². The third-order valence-electron chi connectivity index (χ3n) is 6.67. The molecule has 3 aromatic rings. The highest BCUT2D eigenvalue weighted by molar-refractivity contribution is 7.54. The molecule has 1 aromatic carbocycles. The predicted molar refractivity (Wildman–Crippen MR) is 159 cm³/mol. The summed E-state index contributed by atoms with van der Waals surface area (Å²) in [5.74, 6) is -2.24. The van der Waals surface area contributed by atoms with E-state index in [1.54, 1.807) is 33.8 Å². The molecule has 44 heavy (non-hydrogen) atoms. The minimum atomic E-state index is -4.10. The molecule has 1 saturated heterocycles. The summed E-state index contributed by atoms with van der Waals surface area (Å²) in [6.45, 7) is 6.21. The number of thiazole rings is 1. The lowest BCUT2D eigenvalue weighted by atomic mass is 10.1. The summed E-state index contributed by atoms with van der Waals surface area (Å²) in [6, 6.07) is 5.80. The highest BCUT2D eigenvalue weighted by Crippen LogP contribution is 2.62. The molecular weight excluding hydrogens is 619 g/mol. The van der Waals surface area contributed by atoms with Crippen molar-refractivity contribution in [2.24, 2.45) is 0 Å². The van der Waals surface area contributed by atoms with E-state index >= 15 is 0 Å². The Balaban J connectivity index is 1.75. The molecule has 17 heteroatoms. The second-order valence-electron chi connectivity index (χ2n) is 9.58. The predicted octanol–water partition coefficient (Wildman–Crippen LogP) is 2.55. The maximum Gasteiger partial charge on any atom is 0.357 e. The smallest absolute Gasteiger partial charge is 0.357 e. The summed E-state index contributed by atoms with van der Waals surface area (Å²) in [6.07, 6.45) is -4.10. The fraction of sp³-hybridized carbons (Fsp3) is 0.481. The SMILES string of the molecule is CCOC(=O)c1sc(-c2ccc(O)c(C(Nc3ccn(C4OC(CO)C(O)C4O)c(=O)n3)P(=O)(OCC)OCC)c2)nc1C. The van der Waals surface area contributed by atoms with Crippen LogP contribution < -0.4 is 11.0 Å². The van der Waals surface area contributed by atoms with Gasteiger partial charge in [-0.3, -0.25) is 9.13 Å². The Labute approximate surface area is 256 Å². The van der Waals surface area contributed by atoms with Gasteiger partial charge in [-0.15, -0.1) is 11.3 Å². The van der Waals surface area contributed by atoms with Crippen LogP contribution in [0.25, 0.3) is 10.6 Å². The van der Waals surface area contributed by atoms with E-state index in [2.05, 4.69) is 15.3 Å². The third-order valence-corrected chi connectivity index (χ3v) is 10.1. The van der Waals surface area contributed by atoms with Crippen LogP contribution in [0.4, 0.5) is 5.82 Å². The monoisotopic (exact) mass is 654 g/mol. The van der Waals surface area contributed by atoms with Crippen LogP contribution >= 0.6 is 18.9 Å². The van der Waals surface area contributed by atoms with Gasteiger partial charge in [0.15, 0.2) is 12.0 Å². The van der Waals surface area contributed by atoms with Crippen molar-refractivity contribution in [3.8, 4) is 16.3 Å². The minimum absolute atomic E-state index is 0.00916. The lowest BCUT2D eigenvalue weighted by Gasteiger charge is -2.28. The lowest BCUT2D eigenvalue weighted by Crippen LogP contribution is -2.36. The largest absolute Gasteiger partial charge is 0.508 e. The van der Waals surface area contributed by atoms with Gasteiger partial charge < -0.3 is 44.3 Å². The molecule has 15 nitrogen and oxygen atoms in total. The average Bonchev–Trinajstić information content (AvgIpc) is 3.51. The van der Waals surface area contributed by atoms with Gasteiger partial charge in [-0.1, -0.05) is 0 Å². The van der Waals surface area contributed by atoms with Gasteiger partial charge in [0.2, 0.25) is 0 Å². The quantitative estimate of drug-likeness (QED) is 0.132. The Kier molecular flexibility index (Phi) is 10.9. The highest BCUT2D eigenvalue weighted by atomic mass is 32.1. The number of hydrogen-bond acceptors (Lipinski definition) is 15. The number of hydrogen-bond donors (Lipinski definition) is 5. The molecule has 2 aromatic heterocycles. The molecule has 5 N–H and O–H groups in total. The number of nitrogens with zero attached hydrogens (tertiary/aromatic N) is 3. The highest BCUT2D eigenvalue weighted by Gasteiger charge is 2.44. The van der Waals surface area contributed by atoms with Crippen LogP contribution in [0.2, 0.25) is 0 Å². The molecule has 1 aliphatic heterocycles. The number of carbonyl (C=O) groups excluding carboxylic acids is 1. The van der Waals surface area contributed by atoms with Gasteiger partial charge in [0.25, 0.3) is 0 Å². The van der Waals surface area contributed by atoms with E-state index in [-0.39, 0.29) is 37.0 Å². The standard InChI is InChI=1S/C27H35N4O11PS/c1-5-39-26(36)22-14(4)28-24(44-22)15-8-9-17(33)16(12-15)23(43(38,40-6-2)41-7-3)29-19-10-11-31(27(37)30-19)25-21(35)20(34)18(13-32)42-25/h8-12,18,20-21,23,25,32-35H,5-7,13H2,1-4H3,(H,29,30,37). The number of benzene rings is 1. The second-order valence-corrected chi connectivity index (χ2v) is 12.7. The van der Waals surface area contributed by atoms with E-state index in [4.69, 9.17) is 18.5 Å². The summed E-state index contributed by atoms with van der Waals surface area (Å²) in [7, 11) is -4.10. The molecule has 1 aliphatic rings. The zero-order chi connectivity index (χ0) is 32.2. The molecule has 0 aliphatic carbocycles. The molecule has 0 saturated carbocycles. The van der Waals surface area contributed by atoms with E-state index < -0.39 is 56.2 Å². The Morgan fingerprint density at radius 2 is 1.84 bits per heavy atom. The molecular formula is C27H35N4O11PS. The van der Waals surface area contributed by atoms with Gasteiger partial charge in [-0.05, 0) is 52.0 Å². The molecule has 0 amide bonds. The maximum atomic E-state index is 14.1. The first-order valence-corrected chi connectivity index (χ1v) is 16.2. The zero-order valence-corrected chi connectivity index (χ0v) is 26.2. The van der Waals surface area contributed by atoms with Crippen molar-refractivity contribution in [2.45, 2.75) is 58.0 Å². The van der Waals surface area contributed by atoms with E-state index in [1.807, 2.05) is 0 Å². The molecule has 0 radical (unpaired) electrons. The number of esters is 1. The topological polar surface area (TPSA) is 212 Å². The summed E-state index contributed by atoms with van der Waals surface area (Å²) < 4.78 is 36.8. The van der Waals surface area contributed by atoms with E-state index in [0.29, 0.717) is 21.1 Å². The number of aliphatic hydroxyl groups excluding tert-OH is 3. The van der Waals surface area contributed by atoms with Crippen LogP contribution in [0.3, 0.4) is 0 Å². The van der Waals surface area contributed by atoms with Crippen molar-refractivity contribution in [1.82, 2.24) is 14.5 Å². The first-order valence-electron chi connectivity index (χ1n) is 13.8. The van der Waals surface area contributed by atoms with Gasteiger partial charge in [0, 0.05) is 17.3 Å². The Morgan fingerprint density at radius 3 is 2.43 bits per heavy atom. The number of aliphatic hydroxyl groups is 3. The van der Waals surface area contributed by atoms with Gasteiger partial charge in [-0.2, -0.15) is 4.98 Å². The van der Waals surface area contributed by atoms with Crippen LogP contribution in [0.1, 0.15) is 53.7 Å². The summed E-state index contributed by atoms with van der Waals surface area (Å²) in [4.78, 5) is 34.1. The summed E-state index contributed by atoms with van der Waals surface area (Å²) in [5.41, 5.74) is 0.128. The molecule has 5 unspecified atom stereocenters. The number of aromatic hydroxyl groups is 1. The molecule has 0 bridgehead atoms. The van der Waals surface area contributed by atoms with Crippen LogP contribution in [0.5, 0.6) is 5.75 Å². The number of anilines is 1. The van der Waals surface area contributed by atoms with Crippen LogP contribution in [0.15, 0.2) is 35.3 Å². The van der Waals surface area contributed by atoms with Crippen molar-refractivity contribution in [2.75, 3.05) is 31.7 Å². The molecule has 0 spiro atoms. The van der Waals surface area contributed by atoms with E-state index in [0.717, 1.165) is 15.9 Å². The number of carbonyl (C=O) groups is 1. The lowest BCUT2D eigenvalue weighted by molar-refractivity contribution is -0.0549. The number of aryl methyl sites for hydroxylation is 1. The number of phenolic OH excluding ortho intramolecular Hbond substituents is 1. The number of phenols is 1. The number of ether oxygens (including phenoxy) is 2. The van der Waals surface area contributed by atoms with Crippen LogP contribution in [0, 0.1) is 6.92 Å². The summed E-state index contributed by atoms with van der Waals surface area (Å²) in [5, 5.41) is 44.1. The van der Waals surface area contributed by atoms with Gasteiger partial charge in [-0.25, -0.2) is 14.6 Å². The van der Waals surface area contributed by atoms with Gasteiger partial charge in [0.05, 0.1) is 32.1 Å². The maximum absolute atomic E-state index is 14.1. The van der Waals surface area contributed by atoms with Gasteiger partial charge in [0.1, 0.15) is 39.8 Å². The molecule has 4 rings (SSSR count). The Bertz CT molecular complexity index is 1570. The van der Waals surface area contributed by atoms with Crippen molar-refractivity contribution in [1.29, 1.82) is 0 Å². The molecule has 5 atom stereocenters. The van der Waals surface area contributed by atoms with Crippen molar-refractivity contribution in [3.05, 3.63) is 57.1 Å². The molecule has 3 heterocycles. The van der Waals surface area contributed by atoms with Gasteiger partial charge >= 0.3 is 19.3 Å². The van der Waals surface area contributed by atoms with E-state index in [1.165, 1.54) is 24.4 Å². The van der Waals surface area contributed by atoms with E-state index in [9.17, 15) is 34.6 Å². The van der Waals surface area contributed by atoms with Crippen molar-refractivity contribution < 1.29 is 48.3 Å². The molecule has 240 valence electrons. The van der Waals surface area contributed by atoms with Crippen LogP contribution in [-0.2, 0) is 23.1 Å². The Hall–Kier alpha value is -3.21. The molecule has 1 fully saturated rings. The zero-order valence-electron chi connectivity index (χ0n) is 24.4. The first kappa shape index (κ1) is 33.7. The average molecular weight is 655 g/mol. The minimum Gasteiger partial charge on any atom is -0.508 e. The van der Waals surface area contributed by atoms with Crippen LogP contribution in [-0.4, -0.2) is 85.7 Å². The first-order chi connectivity index (χ1) is 21.0. The number of rotatable bonds is 13. The fourth-order valence-corrected chi connectivity index (χ4v) is 7.51. The second kappa shape index (κ2) is 14.3. The number of nitrogens with one attached hydrogen (secondary N) is 1.